The average Bonchev–Trinajstić information content (AvgIpc) is 1.61. The number of allylic oxidation sites excluding steroid dienone is 2. The number of hydrogen-bond acceptors (Lipinski definition) is 1. The fourth-order valence-corrected chi connectivity index (χ4v) is 0.184. The number of ether oxygens (including phenoxy) is 1. The second-order valence-corrected chi connectivity index (χ2v) is 1.29. The van der Waals surface area contributed by atoms with Crippen LogP contribution in [0.1, 0.15) is 13.8 Å². The zero-order valence-electron chi connectivity index (χ0n) is 4.77. The summed E-state index contributed by atoms with van der Waals surface area (Å²) in [5, 5.41) is 0. The molecular formula is C6H10O. The van der Waals surface area contributed by atoms with Crippen molar-refractivity contribution in [2.45, 2.75) is 13.8 Å². The summed E-state index contributed by atoms with van der Waals surface area (Å²) in [5.41, 5.74) is 0. The summed E-state index contributed by atoms with van der Waals surface area (Å²) in [6.45, 7) is 7.22. The molecule has 1 nitrogen and oxygen atoms in total. The minimum atomic E-state index is 0.720. The minimum absolute atomic E-state index is 0.720. The summed E-state index contributed by atoms with van der Waals surface area (Å²) in [4.78, 5) is 0. The third-order valence-corrected chi connectivity index (χ3v) is 0.405. The SMILES string of the molecule is C=C(C)O/C=C/C. The van der Waals surface area contributed by atoms with E-state index < -0.39 is 0 Å². The first-order valence-electron chi connectivity index (χ1n) is 2.20. The van der Waals surface area contributed by atoms with E-state index in [0.29, 0.717) is 0 Å². The highest BCUT2D eigenvalue weighted by molar-refractivity contribution is 4.79. The normalized spacial score (nSPS) is 9.43. The van der Waals surface area contributed by atoms with Crippen molar-refractivity contribution in [3.05, 3.63) is 24.7 Å². The van der Waals surface area contributed by atoms with Crippen molar-refractivity contribution in [1.82, 2.24) is 0 Å². The first-order chi connectivity index (χ1) is 3.27. The van der Waals surface area contributed by atoms with Crippen LogP contribution >= 0.6 is 0 Å². The summed E-state index contributed by atoms with van der Waals surface area (Å²) >= 11 is 0. The van der Waals surface area contributed by atoms with Crippen LogP contribution in [0.4, 0.5) is 0 Å². The average molecular weight is 98.1 g/mol. The van der Waals surface area contributed by atoms with E-state index >= 15 is 0 Å². The van der Waals surface area contributed by atoms with E-state index in [-0.39, 0.29) is 0 Å². The lowest BCUT2D eigenvalue weighted by molar-refractivity contribution is 0.355. The topological polar surface area (TPSA) is 9.23 Å². The van der Waals surface area contributed by atoms with Gasteiger partial charge >= 0.3 is 0 Å². The Kier molecular flexibility index (Phi) is 3.11. The molecule has 0 aromatic carbocycles. The lowest BCUT2D eigenvalue weighted by Crippen LogP contribution is -1.70. The Balaban J connectivity index is 3.14. The van der Waals surface area contributed by atoms with Gasteiger partial charge in [0, 0.05) is 0 Å². The Bertz CT molecular complexity index is 82.2. The second kappa shape index (κ2) is 3.47. The molecule has 7 heavy (non-hydrogen) atoms. The van der Waals surface area contributed by atoms with Crippen molar-refractivity contribution in [1.29, 1.82) is 0 Å². The molecule has 0 unspecified atom stereocenters. The van der Waals surface area contributed by atoms with Gasteiger partial charge < -0.3 is 4.74 Å². The molecule has 0 rings (SSSR count). The molecule has 0 saturated carbocycles. The summed E-state index contributed by atoms with van der Waals surface area (Å²) in [6.07, 6.45) is 3.41. The van der Waals surface area contributed by atoms with Gasteiger partial charge in [-0.2, -0.15) is 0 Å². The van der Waals surface area contributed by atoms with Gasteiger partial charge in [0.15, 0.2) is 0 Å². The van der Waals surface area contributed by atoms with Crippen molar-refractivity contribution in [2.24, 2.45) is 0 Å². The molecule has 0 atom stereocenters. The molecule has 0 aromatic rings. The van der Waals surface area contributed by atoms with Gasteiger partial charge in [-0.3, -0.25) is 0 Å². The fraction of sp³-hybridized carbons (Fsp3) is 0.333. The van der Waals surface area contributed by atoms with Crippen molar-refractivity contribution < 1.29 is 4.74 Å². The quantitative estimate of drug-likeness (QED) is 0.480. The molecule has 0 aromatic heterocycles. The van der Waals surface area contributed by atoms with E-state index in [9.17, 15) is 0 Å². The first-order valence-corrected chi connectivity index (χ1v) is 2.20. The van der Waals surface area contributed by atoms with Gasteiger partial charge in [0.2, 0.25) is 0 Å². The van der Waals surface area contributed by atoms with Crippen LogP contribution in [0, 0.1) is 0 Å². The standard InChI is InChI=1S/C6H10O/c1-4-5-7-6(2)3/h4-5H,2H2,1,3H3/b5-4+. The molecule has 40 valence electrons. The van der Waals surface area contributed by atoms with Crippen LogP contribution < -0.4 is 0 Å². The largest absolute Gasteiger partial charge is 0.471 e. The van der Waals surface area contributed by atoms with Crippen LogP contribution in [0.2, 0.25) is 0 Å². The molecule has 0 heterocycles. The molecule has 0 bridgehead atoms. The highest BCUT2D eigenvalue weighted by Gasteiger charge is 1.71. The van der Waals surface area contributed by atoms with E-state index in [1.54, 1.807) is 13.2 Å². The van der Waals surface area contributed by atoms with E-state index in [0.717, 1.165) is 5.76 Å². The van der Waals surface area contributed by atoms with Gasteiger partial charge in [-0.05, 0) is 13.8 Å². The van der Waals surface area contributed by atoms with Crippen LogP contribution in [0.3, 0.4) is 0 Å². The molecule has 0 aliphatic carbocycles. The molecule has 0 aliphatic rings. The first kappa shape index (κ1) is 6.28. The third-order valence-electron chi connectivity index (χ3n) is 0.405. The molecule has 0 fully saturated rings. The van der Waals surface area contributed by atoms with Gasteiger partial charge in [0.1, 0.15) is 0 Å². The highest BCUT2D eigenvalue weighted by atomic mass is 16.5. The van der Waals surface area contributed by atoms with Gasteiger partial charge in [-0.1, -0.05) is 12.7 Å². The van der Waals surface area contributed by atoms with Crippen molar-refractivity contribution in [3.63, 3.8) is 0 Å². The Labute approximate surface area is 44.3 Å². The lowest BCUT2D eigenvalue weighted by Gasteiger charge is -1.91. The molecule has 0 aliphatic heterocycles. The zero-order valence-corrected chi connectivity index (χ0v) is 4.77. The maximum absolute atomic E-state index is 4.82. The van der Waals surface area contributed by atoms with E-state index in [2.05, 4.69) is 6.58 Å². The minimum Gasteiger partial charge on any atom is -0.471 e. The van der Waals surface area contributed by atoms with Gasteiger partial charge in [-0.25, -0.2) is 0 Å². The van der Waals surface area contributed by atoms with E-state index in [1.807, 2.05) is 13.0 Å². The number of hydrogen-bond donors (Lipinski definition) is 0. The molecule has 0 amide bonds. The smallest absolute Gasteiger partial charge is 0.0929 e. The van der Waals surface area contributed by atoms with Crippen molar-refractivity contribution >= 4 is 0 Å². The summed E-state index contributed by atoms with van der Waals surface area (Å²) < 4.78 is 4.82. The maximum atomic E-state index is 4.82. The Morgan fingerprint density at radius 3 is 2.43 bits per heavy atom. The van der Waals surface area contributed by atoms with Gasteiger partial charge in [0.25, 0.3) is 0 Å². The second-order valence-electron chi connectivity index (χ2n) is 1.29. The lowest BCUT2D eigenvalue weighted by atomic mass is 10.6. The Hall–Kier alpha value is -0.720. The summed E-state index contributed by atoms with van der Waals surface area (Å²) in [7, 11) is 0. The predicted molar refractivity (Wildman–Crippen MR) is 30.7 cm³/mol. The monoisotopic (exact) mass is 98.1 g/mol. The molecule has 0 radical (unpaired) electrons. The molecule has 0 N–H and O–H groups in total. The molecule has 0 saturated heterocycles. The van der Waals surface area contributed by atoms with E-state index in [4.69, 9.17) is 4.74 Å². The van der Waals surface area contributed by atoms with Crippen LogP contribution in [0.25, 0.3) is 0 Å². The van der Waals surface area contributed by atoms with Crippen LogP contribution in [-0.2, 0) is 4.74 Å². The molecular weight excluding hydrogens is 88.1 g/mol. The van der Waals surface area contributed by atoms with Crippen LogP contribution in [-0.4, -0.2) is 0 Å². The Morgan fingerprint density at radius 2 is 2.29 bits per heavy atom. The highest BCUT2D eigenvalue weighted by Crippen LogP contribution is 1.88. The molecule has 0 spiro atoms. The van der Waals surface area contributed by atoms with Gasteiger partial charge in [-0.15, -0.1) is 0 Å². The number of rotatable bonds is 2. The van der Waals surface area contributed by atoms with E-state index in [1.165, 1.54) is 0 Å². The zero-order chi connectivity index (χ0) is 5.70. The Morgan fingerprint density at radius 1 is 1.71 bits per heavy atom. The molecule has 1 heteroatoms. The predicted octanol–water partition coefficient (Wildman–Crippen LogP) is 2.07. The van der Waals surface area contributed by atoms with Gasteiger partial charge in [0.05, 0.1) is 12.0 Å². The maximum Gasteiger partial charge on any atom is 0.0929 e. The van der Waals surface area contributed by atoms with Crippen LogP contribution in [0.15, 0.2) is 24.7 Å². The van der Waals surface area contributed by atoms with Crippen LogP contribution in [0.5, 0.6) is 0 Å². The van der Waals surface area contributed by atoms with Crippen molar-refractivity contribution in [2.75, 3.05) is 0 Å². The third kappa shape index (κ3) is 5.28. The summed E-state index contributed by atoms with van der Waals surface area (Å²) in [5.74, 6) is 0.720. The summed E-state index contributed by atoms with van der Waals surface area (Å²) in [6, 6.07) is 0. The fourth-order valence-electron chi connectivity index (χ4n) is 0.184. The van der Waals surface area contributed by atoms with Crippen molar-refractivity contribution in [3.8, 4) is 0 Å².